The fraction of sp³-hybridized carbons (Fsp3) is 0.615. The number of amides is 1. The summed E-state index contributed by atoms with van der Waals surface area (Å²) in [6.07, 6.45) is 3.89. The van der Waals surface area contributed by atoms with Gasteiger partial charge in [0.05, 0.1) is 5.69 Å². The molecule has 1 fully saturated rings. The molecule has 2 N–H and O–H groups in total. The number of nitrogens with zero attached hydrogens (tertiary/aromatic N) is 1. The molecule has 0 spiro atoms. The Morgan fingerprint density at radius 3 is 2.53 bits per heavy atom. The van der Waals surface area contributed by atoms with Gasteiger partial charge in [0.25, 0.3) is 0 Å². The maximum absolute atomic E-state index is 12.1. The maximum atomic E-state index is 12.1. The summed E-state index contributed by atoms with van der Waals surface area (Å²) in [5.41, 5.74) is 0.563. The zero-order valence-electron chi connectivity index (χ0n) is 11.1. The molecule has 0 radical (unpaired) electrons. The lowest BCUT2D eigenvalue weighted by Gasteiger charge is -2.24. The van der Waals surface area contributed by atoms with Gasteiger partial charge in [-0.2, -0.15) is 4.37 Å². The first-order valence-electron chi connectivity index (χ1n) is 6.49. The summed E-state index contributed by atoms with van der Waals surface area (Å²) in [6, 6.07) is 0. The van der Waals surface area contributed by atoms with Gasteiger partial charge in [0, 0.05) is 5.92 Å². The van der Waals surface area contributed by atoms with Crippen molar-refractivity contribution >= 4 is 28.4 Å². The monoisotopic (exact) mass is 282 g/mol. The van der Waals surface area contributed by atoms with Gasteiger partial charge in [-0.05, 0) is 50.1 Å². The maximum Gasteiger partial charge on any atom is 0.340 e. The zero-order valence-corrected chi connectivity index (χ0v) is 11.9. The number of hydrogen-bond acceptors (Lipinski definition) is 4. The van der Waals surface area contributed by atoms with Crippen molar-refractivity contribution in [1.29, 1.82) is 0 Å². The third kappa shape index (κ3) is 3.12. The van der Waals surface area contributed by atoms with E-state index in [0.717, 1.165) is 37.2 Å². The third-order valence-corrected chi connectivity index (χ3v) is 4.55. The van der Waals surface area contributed by atoms with E-state index in [1.165, 1.54) is 0 Å². The molecule has 1 heterocycles. The molecule has 19 heavy (non-hydrogen) atoms. The molecule has 1 aromatic rings. The van der Waals surface area contributed by atoms with Crippen LogP contribution in [-0.4, -0.2) is 21.4 Å². The molecule has 0 aromatic carbocycles. The molecule has 2 rings (SSSR count). The van der Waals surface area contributed by atoms with Crippen molar-refractivity contribution in [3.8, 4) is 0 Å². The van der Waals surface area contributed by atoms with Gasteiger partial charge in [-0.15, -0.1) is 0 Å². The number of anilines is 1. The minimum Gasteiger partial charge on any atom is -0.478 e. The van der Waals surface area contributed by atoms with Gasteiger partial charge in [-0.3, -0.25) is 4.79 Å². The summed E-state index contributed by atoms with van der Waals surface area (Å²) < 4.78 is 3.99. The van der Waals surface area contributed by atoms with E-state index in [0.29, 0.717) is 16.6 Å². The molecule has 0 aliphatic heterocycles. The second-order valence-corrected chi connectivity index (χ2v) is 6.00. The average Bonchev–Trinajstić information content (AvgIpc) is 2.71. The molecule has 6 heteroatoms. The highest BCUT2D eigenvalue weighted by Crippen LogP contribution is 2.31. The lowest BCUT2D eigenvalue weighted by Crippen LogP contribution is -2.26. The lowest BCUT2D eigenvalue weighted by molar-refractivity contribution is -0.120. The molecule has 0 bridgehead atoms. The fourth-order valence-corrected chi connectivity index (χ4v) is 3.24. The first kappa shape index (κ1) is 14.0. The van der Waals surface area contributed by atoms with Crippen molar-refractivity contribution in [3.63, 3.8) is 0 Å². The molecule has 0 unspecified atom stereocenters. The number of carbonyl (C=O) groups excluding carboxylic acids is 1. The Morgan fingerprint density at radius 1 is 1.32 bits per heavy atom. The molecule has 1 amide bonds. The normalized spacial score (nSPS) is 23.1. The number of carbonyl (C=O) groups is 2. The van der Waals surface area contributed by atoms with Crippen molar-refractivity contribution in [2.24, 2.45) is 11.8 Å². The minimum absolute atomic E-state index is 0.000232. The number of aryl methyl sites for hydroxylation is 1. The van der Waals surface area contributed by atoms with Crippen molar-refractivity contribution < 1.29 is 14.7 Å². The summed E-state index contributed by atoms with van der Waals surface area (Å²) in [6.45, 7) is 3.83. The number of hydrogen-bond donors (Lipinski definition) is 2. The van der Waals surface area contributed by atoms with Gasteiger partial charge >= 0.3 is 5.97 Å². The summed E-state index contributed by atoms with van der Waals surface area (Å²) in [4.78, 5) is 23.3. The van der Waals surface area contributed by atoms with Crippen LogP contribution in [0.5, 0.6) is 0 Å². The van der Waals surface area contributed by atoms with Gasteiger partial charge < -0.3 is 10.4 Å². The van der Waals surface area contributed by atoms with Crippen LogP contribution in [0.1, 0.15) is 48.7 Å². The average molecular weight is 282 g/mol. The predicted molar refractivity (Wildman–Crippen MR) is 73.6 cm³/mol. The van der Waals surface area contributed by atoms with E-state index < -0.39 is 5.97 Å². The number of carboxylic acids is 1. The van der Waals surface area contributed by atoms with Crippen LogP contribution >= 0.6 is 11.5 Å². The topological polar surface area (TPSA) is 79.3 Å². The second-order valence-electron chi connectivity index (χ2n) is 5.22. The molecule has 1 saturated carbocycles. The highest BCUT2D eigenvalue weighted by atomic mass is 32.1. The van der Waals surface area contributed by atoms with Crippen LogP contribution in [0.3, 0.4) is 0 Å². The number of nitrogens with one attached hydrogen (secondary N) is 1. The molecular formula is C13H18N2O3S. The summed E-state index contributed by atoms with van der Waals surface area (Å²) in [5.74, 6) is -0.429. The Balaban J connectivity index is 2.05. The lowest BCUT2D eigenvalue weighted by atomic mass is 9.82. The summed E-state index contributed by atoms with van der Waals surface area (Å²) in [7, 11) is 0. The molecule has 1 aliphatic rings. The van der Waals surface area contributed by atoms with Gasteiger partial charge in [-0.25, -0.2) is 4.79 Å². The predicted octanol–water partition coefficient (Wildman–Crippen LogP) is 2.91. The van der Waals surface area contributed by atoms with Crippen molar-refractivity contribution in [3.05, 3.63) is 11.3 Å². The smallest absolute Gasteiger partial charge is 0.340 e. The molecule has 0 saturated heterocycles. The van der Waals surface area contributed by atoms with Gasteiger partial charge in [-0.1, -0.05) is 6.92 Å². The quantitative estimate of drug-likeness (QED) is 0.893. The Kier molecular flexibility index (Phi) is 4.19. The first-order chi connectivity index (χ1) is 8.99. The van der Waals surface area contributed by atoms with Crippen molar-refractivity contribution in [2.75, 3.05) is 5.32 Å². The largest absolute Gasteiger partial charge is 0.478 e. The molecule has 1 aliphatic carbocycles. The summed E-state index contributed by atoms with van der Waals surface area (Å²) in [5, 5.41) is 12.2. The number of carboxylic acid groups (broad SMARTS) is 1. The van der Waals surface area contributed by atoms with E-state index in [4.69, 9.17) is 5.11 Å². The summed E-state index contributed by atoms with van der Waals surface area (Å²) >= 11 is 1.03. The van der Waals surface area contributed by atoms with E-state index in [2.05, 4.69) is 16.6 Å². The van der Waals surface area contributed by atoms with E-state index in [-0.39, 0.29) is 17.4 Å². The van der Waals surface area contributed by atoms with Crippen molar-refractivity contribution in [2.45, 2.75) is 39.5 Å². The molecule has 5 nitrogen and oxygen atoms in total. The van der Waals surface area contributed by atoms with E-state index >= 15 is 0 Å². The number of aromatic carboxylic acids is 1. The molecule has 0 atom stereocenters. The van der Waals surface area contributed by atoms with Gasteiger partial charge in [0.15, 0.2) is 0 Å². The van der Waals surface area contributed by atoms with E-state index in [1.807, 2.05) is 0 Å². The van der Waals surface area contributed by atoms with E-state index in [1.54, 1.807) is 6.92 Å². The van der Waals surface area contributed by atoms with Crippen LogP contribution < -0.4 is 5.32 Å². The number of rotatable bonds is 3. The second kappa shape index (κ2) is 5.69. The van der Waals surface area contributed by atoms with Gasteiger partial charge in [0.1, 0.15) is 10.6 Å². The van der Waals surface area contributed by atoms with Crippen LogP contribution in [-0.2, 0) is 4.79 Å². The highest BCUT2D eigenvalue weighted by Gasteiger charge is 2.26. The van der Waals surface area contributed by atoms with Crippen LogP contribution in [0, 0.1) is 18.8 Å². The van der Waals surface area contributed by atoms with Gasteiger partial charge in [0.2, 0.25) is 5.91 Å². The Bertz CT molecular complexity index is 490. The third-order valence-electron chi connectivity index (χ3n) is 3.70. The van der Waals surface area contributed by atoms with E-state index in [9.17, 15) is 9.59 Å². The Labute approximate surface area is 116 Å². The highest BCUT2D eigenvalue weighted by molar-refractivity contribution is 7.11. The van der Waals surface area contributed by atoms with Crippen LogP contribution in [0.15, 0.2) is 0 Å². The standard InChI is InChI=1S/C13H18N2O3S/c1-7-3-5-9(6-4-7)11(16)14-12-10(13(17)18)8(2)15-19-12/h7,9H,3-6H2,1-2H3,(H,14,16)(H,17,18). The van der Waals surface area contributed by atoms with Crippen LogP contribution in [0.25, 0.3) is 0 Å². The van der Waals surface area contributed by atoms with Crippen molar-refractivity contribution in [1.82, 2.24) is 4.37 Å². The fourth-order valence-electron chi connectivity index (χ4n) is 2.44. The number of aromatic nitrogens is 1. The SMILES string of the molecule is Cc1nsc(NC(=O)C2CCC(C)CC2)c1C(=O)O. The molecule has 1 aromatic heterocycles. The zero-order chi connectivity index (χ0) is 14.0. The minimum atomic E-state index is -1.04. The van der Waals surface area contributed by atoms with Crippen LogP contribution in [0.4, 0.5) is 5.00 Å². The Morgan fingerprint density at radius 2 is 1.95 bits per heavy atom. The molecule has 104 valence electrons. The Hall–Kier alpha value is -1.43. The first-order valence-corrected chi connectivity index (χ1v) is 7.26. The van der Waals surface area contributed by atoms with Crippen LogP contribution in [0.2, 0.25) is 0 Å². The molecular weight excluding hydrogens is 264 g/mol.